The van der Waals surface area contributed by atoms with Gasteiger partial charge in [-0.15, -0.1) is 0 Å². The molecule has 0 aromatic heterocycles. The van der Waals surface area contributed by atoms with Gasteiger partial charge in [0.2, 0.25) is 0 Å². The minimum absolute atomic E-state index is 0.800. The second kappa shape index (κ2) is 3.03. The van der Waals surface area contributed by atoms with Gasteiger partial charge in [0.05, 0.1) is 22.0 Å². The molecular weight excluding hydrogens is 170 g/mol. The molecule has 0 saturated heterocycles. The van der Waals surface area contributed by atoms with Gasteiger partial charge in [0.1, 0.15) is 0 Å². The van der Waals surface area contributed by atoms with Crippen LogP contribution >= 0.6 is 0 Å². The molecule has 2 nitrogen and oxygen atoms in total. The quantitative estimate of drug-likeness (QED) is 0.643. The third-order valence-electron chi connectivity index (χ3n) is 1.59. The Kier molecular flexibility index (Phi) is 1.87. The van der Waals surface area contributed by atoms with E-state index in [4.69, 9.17) is 0 Å². The number of hydrogen-bond acceptors (Lipinski definition) is 2. The van der Waals surface area contributed by atoms with Gasteiger partial charge in [-0.2, -0.15) is 0 Å². The van der Waals surface area contributed by atoms with E-state index in [-0.39, 0.29) is 0 Å². The minimum atomic E-state index is -1.01. The van der Waals surface area contributed by atoms with Gasteiger partial charge in [0.15, 0.2) is 0 Å². The molecule has 3 heteroatoms. The molecule has 0 saturated carbocycles. The van der Waals surface area contributed by atoms with E-state index in [0.29, 0.717) is 0 Å². The Hall–Kier alpha value is -1.22. The summed E-state index contributed by atoms with van der Waals surface area (Å²) in [6.07, 6.45) is 0. The normalized spacial score (nSPS) is 21.0. The first-order chi connectivity index (χ1) is 5.86. The van der Waals surface area contributed by atoms with E-state index in [1.54, 1.807) is 5.41 Å². The van der Waals surface area contributed by atoms with Crippen LogP contribution in [0.15, 0.2) is 40.7 Å². The first kappa shape index (κ1) is 7.43. The standard InChI is InChI=1S/C9H7NOS/c11-12-6-9(10-7-12)8-4-2-1-3-5-8/h1-7H. The smallest absolute Gasteiger partial charge is 0.0960 e. The van der Waals surface area contributed by atoms with E-state index in [1.807, 2.05) is 30.3 Å². The molecule has 1 aliphatic heterocycles. The van der Waals surface area contributed by atoms with E-state index < -0.39 is 10.8 Å². The zero-order chi connectivity index (χ0) is 8.39. The monoisotopic (exact) mass is 177 g/mol. The Morgan fingerprint density at radius 2 is 1.92 bits per heavy atom. The molecule has 0 bridgehead atoms. The van der Waals surface area contributed by atoms with Gasteiger partial charge in [-0.3, -0.25) is 0 Å². The van der Waals surface area contributed by atoms with Gasteiger partial charge >= 0.3 is 0 Å². The molecule has 12 heavy (non-hydrogen) atoms. The number of rotatable bonds is 1. The summed E-state index contributed by atoms with van der Waals surface area (Å²) in [7, 11) is -1.01. The number of benzene rings is 1. The van der Waals surface area contributed by atoms with Gasteiger partial charge < -0.3 is 0 Å². The van der Waals surface area contributed by atoms with Crippen LogP contribution in [0, 0.1) is 0 Å². The van der Waals surface area contributed by atoms with E-state index in [1.165, 1.54) is 5.55 Å². The summed E-state index contributed by atoms with van der Waals surface area (Å²) in [5, 5.41) is 1.65. The molecule has 1 aromatic rings. The summed E-state index contributed by atoms with van der Waals surface area (Å²) < 4.78 is 10.9. The Balaban J connectivity index is 2.40. The van der Waals surface area contributed by atoms with Crippen molar-refractivity contribution in [3.8, 4) is 0 Å². The molecule has 1 aromatic carbocycles. The molecule has 1 heterocycles. The molecule has 1 atom stereocenters. The van der Waals surface area contributed by atoms with Crippen molar-refractivity contribution >= 4 is 22.0 Å². The first-order valence-corrected chi connectivity index (χ1v) is 4.85. The molecule has 0 N–H and O–H groups in total. The van der Waals surface area contributed by atoms with Crippen molar-refractivity contribution in [2.75, 3.05) is 0 Å². The van der Waals surface area contributed by atoms with Crippen molar-refractivity contribution in [2.45, 2.75) is 0 Å². The Labute approximate surface area is 73.1 Å². The van der Waals surface area contributed by atoms with Crippen LogP contribution < -0.4 is 0 Å². The van der Waals surface area contributed by atoms with E-state index in [0.717, 1.165) is 11.3 Å². The van der Waals surface area contributed by atoms with Crippen molar-refractivity contribution in [3.05, 3.63) is 41.3 Å². The number of nitrogens with zero attached hydrogens (tertiary/aromatic N) is 1. The summed E-state index contributed by atoms with van der Waals surface area (Å²) in [6.45, 7) is 0. The van der Waals surface area contributed by atoms with Crippen LogP contribution in [0.25, 0.3) is 5.70 Å². The highest BCUT2D eigenvalue weighted by Crippen LogP contribution is 2.18. The molecular formula is C9H7NOS. The van der Waals surface area contributed by atoms with Gasteiger partial charge in [-0.25, -0.2) is 9.20 Å². The van der Waals surface area contributed by atoms with Gasteiger partial charge in [-0.05, 0) is 0 Å². The fourth-order valence-corrected chi connectivity index (χ4v) is 1.73. The summed E-state index contributed by atoms with van der Waals surface area (Å²) >= 11 is 0. The third-order valence-corrected chi connectivity index (χ3v) is 2.36. The maximum absolute atomic E-state index is 10.9. The fourth-order valence-electron chi connectivity index (χ4n) is 1.03. The van der Waals surface area contributed by atoms with Crippen LogP contribution in [-0.4, -0.2) is 9.76 Å². The molecule has 2 rings (SSSR count). The van der Waals surface area contributed by atoms with Crippen LogP contribution in [0.5, 0.6) is 0 Å². The van der Waals surface area contributed by atoms with Gasteiger partial charge in [-0.1, -0.05) is 30.3 Å². The average Bonchev–Trinajstić information content (AvgIpc) is 2.54. The van der Waals surface area contributed by atoms with Crippen molar-refractivity contribution in [1.29, 1.82) is 0 Å². The lowest BCUT2D eigenvalue weighted by Crippen LogP contribution is -1.76. The first-order valence-electron chi connectivity index (χ1n) is 3.57. The summed E-state index contributed by atoms with van der Waals surface area (Å²) in [4.78, 5) is 4.02. The lowest BCUT2D eigenvalue weighted by molar-refractivity contribution is 0.695. The molecule has 0 spiro atoms. The largest absolute Gasteiger partial charge is 0.249 e. The maximum Gasteiger partial charge on any atom is 0.0960 e. The average molecular weight is 177 g/mol. The molecule has 60 valence electrons. The Morgan fingerprint density at radius 1 is 1.17 bits per heavy atom. The molecule has 0 radical (unpaired) electrons. The van der Waals surface area contributed by atoms with Crippen LogP contribution in [0.2, 0.25) is 0 Å². The van der Waals surface area contributed by atoms with Crippen molar-refractivity contribution in [1.82, 2.24) is 0 Å². The van der Waals surface area contributed by atoms with Crippen LogP contribution in [0.1, 0.15) is 5.56 Å². The zero-order valence-electron chi connectivity index (χ0n) is 6.31. The SMILES string of the molecule is O=S1C=NC(c2ccccc2)=C1. The highest BCUT2D eigenvalue weighted by Gasteiger charge is 2.05. The zero-order valence-corrected chi connectivity index (χ0v) is 7.12. The topological polar surface area (TPSA) is 29.4 Å². The van der Waals surface area contributed by atoms with Crippen LogP contribution in [0.3, 0.4) is 0 Å². The highest BCUT2D eigenvalue weighted by atomic mass is 32.2. The number of aliphatic imine (C=N–C) groups is 1. The second-order valence-electron chi connectivity index (χ2n) is 2.43. The van der Waals surface area contributed by atoms with Gasteiger partial charge in [0.25, 0.3) is 0 Å². The Bertz CT molecular complexity index is 367. The third kappa shape index (κ3) is 1.36. The van der Waals surface area contributed by atoms with Crippen molar-refractivity contribution in [2.24, 2.45) is 4.99 Å². The van der Waals surface area contributed by atoms with E-state index in [2.05, 4.69) is 4.99 Å². The Morgan fingerprint density at radius 3 is 2.50 bits per heavy atom. The lowest BCUT2D eigenvalue weighted by Gasteiger charge is -1.94. The van der Waals surface area contributed by atoms with Crippen LogP contribution in [0.4, 0.5) is 0 Å². The van der Waals surface area contributed by atoms with Gasteiger partial charge in [0, 0.05) is 11.0 Å². The van der Waals surface area contributed by atoms with Crippen molar-refractivity contribution < 1.29 is 4.21 Å². The fraction of sp³-hybridized carbons (Fsp3) is 0. The molecule has 1 unspecified atom stereocenters. The summed E-state index contributed by atoms with van der Waals surface area (Å²) in [5.41, 5.74) is 3.26. The van der Waals surface area contributed by atoms with Crippen molar-refractivity contribution in [3.63, 3.8) is 0 Å². The molecule has 1 aliphatic rings. The minimum Gasteiger partial charge on any atom is -0.249 e. The predicted molar refractivity (Wildman–Crippen MR) is 51.1 cm³/mol. The molecule has 0 amide bonds. The summed E-state index contributed by atoms with van der Waals surface area (Å²) in [5.74, 6) is 0. The van der Waals surface area contributed by atoms with E-state index in [9.17, 15) is 4.21 Å². The van der Waals surface area contributed by atoms with Crippen LogP contribution in [-0.2, 0) is 10.8 Å². The second-order valence-corrected chi connectivity index (χ2v) is 3.54. The number of hydrogen-bond donors (Lipinski definition) is 0. The lowest BCUT2D eigenvalue weighted by atomic mass is 10.2. The predicted octanol–water partition coefficient (Wildman–Crippen LogP) is 1.78. The summed E-state index contributed by atoms with van der Waals surface area (Å²) in [6, 6.07) is 9.72. The van der Waals surface area contributed by atoms with E-state index >= 15 is 0 Å². The molecule has 0 aliphatic carbocycles. The molecule has 0 fully saturated rings. The maximum atomic E-state index is 10.9. The highest BCUT2D eigenvalue weighted by molar-refractivity contribution is 8.01.